The molecule has 1 atom stereocenters. The first kappa shape index (κ1) is 18.1. The van der Waals surface area contributed by atoms with E-state index in [9.17, 15) is 0 Å². The van der Waals surface area contributed by atoms with Gasteiger partial charge in [-0.1, -0.05) is 64.4 Å². The second kappa shape index (κ2) is 12.2. The minimum atomic E-state index is 0.188. The summed E-state index contributed by atoms with van der Waals surface area (Å²) in [5.74, 6) is 0. The molecule has 0 aliphatic heterocycles. The van der Waals surface area contributed by atoms with Gasteiger partial charge in [0.15, 0.2) is 0 Å². The van der Waals surface area contributed by atoms with Crippen LogP contribution in [0.25, 0.3) is 0 Å². The quantitative estimate of drug-likeness (QED) is 0.685. The zero-order chi connectivity index (χ0) is 14.5. The molecule has 0 bridgehead atoms. The Morgan fingerprint density at radius 2 is 1.74 bits per heavy atom. The molecular formula is C17H31NO. The molecule has 0 amide bonds. The lowest BCUT2D eigenvalue weighted by molar-refractivity contribution is 0.0647. The summed E-state index contributed by atoms with van der Waals surface area (Å²) in [7, 11) is 1.80. The molecule has 0 aliphatic rings. The monoisotopic (exact) mass is 265 g/mol. The fraction of sp³-hybridized carbons (Fsp3) is 0.647. The molecule has 2 heteroatoms. The van der Waals surface area contributed by atoms with Crippen molar-refractivity contribution in [1.29, 1.82) is 0 Å². The molecule has 1 rings (SSSR count). The SMILES string of the molecule is CC.CCCCN(CC)CC(OC)c1ccccc1. The minimum Gasteiger partial charge on any atom is -0.375 e. The summed E-state index contributed by atoms with van der Waals surface area (Å²) >= 11 is 0. The summed E-state index contributed by atoms with van der Waals surface area (Å²) in [6.45, 7) is 11.7. The average Bonchev–Trinajstić information content (AvgIpc) is 2.50. The third-order valence-electron chi connectivity index (χ3n) is 3.16. The topological polar surface area (TPSA) is 12.5 Å². The van der Waals surface area contributed by atoms with Gasteiger partial charge in [-0.05, 0) is 25.1 Å². The van der Waals surface area contributed by atoms with Crippen molar-refractivity contribution < 1.29 is 4.74 Å². The molecule has 0 saturated heterocycles. The van der Waals surface area contributed by atoms with E-state index in [0.717, 1.165) is 13.1 Å². The minimum absolute atomic E-state index is 0.188. The van der Waals surface area contributed by atoms with E-state index in [2.05, 4.69) is 43.0 Å². The van der Waals surface area contributed by atoms with E-state index in [1.807, 2.05) is 19.9 Å². The van der Waals surface area contributed by atoms with Gasteiger partial charge in [0.05, 0.1) is 6.10 Å². The molecule has 0 radical (unpaired) electrons. The van der Waals surface area contributed by atoms with Crippen LogP contribution in [0.2, 0.25) is 0 Å². The number of likely N-dealkylation sites (N-methyl/N-ethyl adjacent to an activating group) is 1. The first-order valence-electron chi connectivity index (χ1n) is 7.61. The van der Waals surface area contributed by atoms with Gasteiger partial charge in [-0.25, -0.2) is 0 Å². The maximum absolute atomic E-state index is 5.61. The number of benzene rings is 1. The van der Waals surface area contributed by atoms with Crippen LogP contribution in [0.4, 0.5) is 0 Å². The largest absolute Gasteiger partial charge is 0.375 e. The molecule has 19 heavy (non-hydrogen) atoms. The number of unbranched alkanes of at least 4 members (excludes halogenated alkanes) is 1. The molecule has 0 fully saturated rings. The Balaban J connectivity index is 0.00000154. The van der Waals surface area contributed by atoms with E-state index >= 15 is 0 Å². The smallest absolute Gasteiger partial charge is 0.0947 e. The molecule has 0 N–H and O–H groups in total. The van der Waals surface area contributed by atoms with E-state index in [-0.39, 0.29) is 6.10 Å². The van der Waals surface area contributed by atoms with Crippen molar-refractivity contribution in [3.63, 3.8) is 0 Å². The van der Waals surface area contributed by atoms with Crippen LogP contribution in [0.5, 0.6) is 0 Å². The Kier molecular flexibility index (Phi) is 11.6. The van der Waals surface area contributed by atoms with Crippen LogP contribution in [-0.2, 0) is 4.74 Å². The fourth-order valence-corrected chi connectivity index (χ4v) is 1.98. The first-order chi connectivity index (χ1) is 9.31. The van der Waals surface area contributed by atoms with Gasteiger partial charge in [0.25, 0.3) is 0 Å². The summed E-state index contributed by atoms with van der Waals surface area (Å²) in [6, 6.07) is 10.5. The summed E-state index contributed by atoms with van der Waals surface area (Å²) < 4.78 is 5.61. The van der Waals surface area contributed by atoms with Crippen molar-refractivity contribution in [2.24, 2.45) is 0 Å². The lowest BCUT2D eigenvalue weighted by Gasteiger charge is -2.25. The maximum atomic E-state index is 5.61. The number of methoxy groups -OCH3 is 1. The average molecular weight is 265 g/mol. The van der Waals surface area contributed by atoms with Crippen LogP contribution in [0.15, 0.2) is 30.3 Å². The summed E-state index contributed by atoms with van der Waals surface area (Å²) in [6.07, 6.45) is 2.70. The lowest BCUT2D eigenvalue weighted by atomic mass is 10.1. The molecule has 0 saturated carbocycles. The van der Waals surface area contributed by atoms with Gasteiger partial charge >= 0.3 is 0 Å². The van der Waals surface area contributed by atoms with Crippen molar-refractivity contribution in [2.75, 3.05) is 26.7 Å². The highest BCUT2D eigenvalue weighted by atomic mass is 16.5. The Hall–Kier alpha value is -0.860. The van der Waals surface area contributed by atoms with E-state index in [4.69, 9.17) is 4.74 Å². The highest BCUT2D eigenvalue weighted by Crippen LogP contribution is 2.17. The second-order valence-electron chi connectivity index (χ2n) is 4.38. The molecular weight excluding hydrogens is 234 g/mol. The molecule has 1 aromatic carbocycles. The lowest BCUT2D eigenvalue weighted by Crippen LogP contribution is -2.30. The van der Waals surface area contributed by atoms with Crippen molar-refractivity contribution in [1.82, 2.24) is 4.90 Å². The summed E-state index contributed by atoms with van der Waals surface area (Å²) in [5.41, 5.74) is 1.27. The van der Waals surface area contributed by atoms with Crippen LogP contribution in [0, 0.1) is 0 Å². The first-order valence-corrected chi connectivity index (χ1v) is 7.61. The number of nitrogens with zero attached hydrogens (tertiary/aromatic N) is 1. The van der Waals surface area contributed by atoms with E-state index in [1.54, 1.807) is 7.11 Å². The summed E-state index contributed by atoms with van der Waals surface area (Å²) in [4.78, 5) is 2.46. The van der Waals surface area contributed by atoms with Crippen molar-refractivity contribution in [3.05, 3.63) is 35.9 Å². The second-order valence-corrected chi connectivity index (χ2v) is 4.38. The van der Waals surface area contributed by atoms with Gasteiger partial charge in [-0.2, -0.15) is 0 Å². The van der Waals surface area contributed by atoms with Crippen molar-refractivity contribution in [2.45, 2.75) is 46.6 Å². The van der Waals surface area contributed by atoms with Crippen LogP contribution in [0.3, 0.4) is 0 Å². The fourth-order valence-electron chi connectivity index (χ4n) is 1.98. The number of ether oxygens (including phenoxy) is 1. The molecule has 2 nitrogen and oxygen atoms in total. The van der Waals surface area contributed by atoms with Crippen LogP contribution < -0.4 is 0 Å². The van der Waals surface area contributed by atoms with Crippen molar-refractivity contribution in [3.8, 4) is 0 Å². The third kappa shape index (κ3) is 7.34. The van der Waals surface area contributed by atoms with Gasteiger partial charge in [0.1, 0.15) is 0 Å². The molecule has 0 aromatic heterocycles. The molecule has 1 aromatic rings. The van der Waals surface area contributed by atoms with Gasteiger partial charge in [0.2, 0.25) is 0 Å². The number of hydrogen-bond acceptors (Lipinski definition) is 2. The highest BCUT2D eigenvalue weighted by molar-refractivity contribution is 5.17. The molecule has 110 valence electrons. The molecule has 1 unspecified atom stereocenters. The standard InChI is InChI=1S/C15H25NO.C2H6/c1-4-6-12-16(5-2)13-15(17-3)14-10-8-7-9-11-14;1-2/h7-11,15H,4-6,12-13H2,1-3H3;1-2H3. The van der Waals surface area contributed by atoms with E-state index in [1.165, 1.54) is 24.9 Å². The van der Waals surface area contributed by atoms with Gasteiger partial charge in [0, 0.05) is 13.7 Å². The Bertz CT molecular complexity index is 287. The van der Waals surface area contributed by atoms with Crippen LogP contribution in [-0.4, -0.2) is 31.6 Å². The highest BCUT2D eigenvalue weighted by Gasteiger charge is 2.13. The zero-order valence-corrected chi connectivity index (χ0v) is 13.4. The zero-order valence-electron chi connectivity index (χ0n) is 13.4. The van der Waals surface area contributed by atoms with Gasteiger partial charge < -0.3 is 9.64 Å². The van der Waals surface area contributed by atoms with Crippen molar-refractivity contribution >= 4 is 0 Å². The predicted molar refractivity (Wildman–Crippen MR) is 84.6 cm³/mol. The number of rotatable bonds is 8. The normalized spacial score (nSPS) is 11.9. The van der Waals surface area contributed by atoms with E-state index < -0.39 is 0 Å². The molecule has 0 spiro atoms. The van der Waals surface area contributed by atoms with Gasteiger partial charge in [-0.3, -0.25) is 0 Å². The number of hydrogen-bond donors (Lipinski definition) is 0. The van der Waals surface area contributed by atoms with E-state index in [0.29, 0.717) is 0 Å². The summed E-state index contributed by atoms with van der Waals surface area (Å²) in [5, 5.41) is 0. The Labute approximate surface area is 119 Å². The maximum Gasteiger partial charge on any atom is 0.0947 e. The third-order valence-corrected chi connectivity index (χ3v) is 3.16. The molecule has 0 heterocycles. The predicted octanol–water partition coefficient (Wildman–Crippen LogP) is 4.52. The molecule has 0 aliphatic carbocycles. The van der Waals surface area contributed by atoms with Crippen LogP contribution in [0.1, 0.15) is 52.2 Å². The van der Waals surface area contributed by atoms with Crippen LogP contribution >= 0.6 is 0 Å². The Morgan fingerprint density at radius 1 is 1.11 bits per heavy atom. The Morgan fingerprint density at radius 3 is 2.21 bits per heavy atom. The van der Waals surface area contributed by atoms with Gasteiger partial charge in [-0.15, -0.1) is 0 Å².